The Morgan fingerprint density at radius 1 is 1.10 bits per heavy atom. The summed E-state index contributed by atoms with van der Waals surface area (Å²) >= 11 is 0. The van der Waals surface area contributed by atoms with Gasteiger partial charge in [-0.15, -0.1) is 0 Å². The molecular formula is C16H21N3O2. The Balaban J connectivity index is 2.47. The minimum atomic E-state index is -0.121. The standard InChI is InChI=1S/C16H21N3O2/c1-4-9-17-14(12-7-5-11-19-16(12)21-3)15-13(20-2)8-6-10-18-15/h5-8,10-11,14,17H,4,9H2,1-3H3. The summed E-state index contributed by atoms with van der Waals surface area (Å²) in [4.78, 5) is 8.76. The average Bonchev–Trinajstić information content (AvgIpc) is 2.56. The summed E-state index contributed by atoms with van der Waals surface area (Å²) in [5.41, 5.74) is 1.78. The van der Waals surface area contributed by atoms with Gasteiger partial charge in [0.05, 0.1) is 20.3 Å². The molecule has 0 aliphatic rings. The molecule has 1 atom stereocenters. The van der Waals surface area contributed by atoms with Crippen molar-refractivity contribution in [2.24, 2.45) is 0 Å². The molecule has 1 N–H and O–H groups in total. The molecule has 112 valence electrons. The maximum absolute atomic E-state index is 5.44. The van der Waals surface area contributed by atoms with Gasteiger partial charge in [0.2, 0.25) is 5.88 Å². The zero-order valence-corrected chi connectivity index (χ0v) is 12.7. The molecule has 0 spiro atoms. The average molecular weight is 287 g/mol. The predicted octanol–water partition coefficient (Wildman–Crippen LogP) is 2.58. The minimum absolute atomic E-state index is 0.121. The zero-order chi connectivity index (χ0) is 15.1. The van der Waals surface area contributed by atoms with Crippen LogP contribution in [-0.4, -0.2) is 30.7 Å². The molecule has 2 aromatic rings. The third-order valence-electron chi connectivity index (χ3n) is 3.20. The first kappa shape index (κ1) is 15.3. The first-order chi connectivity index (χ1) is 10.3. The van der Waals surface area contributed by atoms with Crippen LogP contribution in [0.2, 0.25) is 0 Å². The fourth-order valence-corrected chi connectivity index (χ4v) is 2.23. The maximum Gasteiger partial charge on any atom is 0.218 e. The lowest BCUT2D eigenvalue weighted by Crippen LogP contribution is -2.25. The largest absolute Gasteiger partial charge is 0.495 e. The van der Waals surface area contributed by atoms with E-state index in [0.717, 1.165) is 30.0 Å². The van der Waals surface area contributed by atoms with Crippen molar-refractivity contribution in [3.63, 3.8) is 0 Å². The van der Waals surface area contributed by atoms with Gasteiger partial charge in [-0.1, -0.05) is 13.0 Å². The molecule has 5 nitrogen and oxygen atoms in total. The van der Waals surface area contributed by atoms with Crippen molar-refractivity contribution in [3.05, 3.63) is 47.9 Å². The number of nitrogens with one attached hydrogen (secondary N) is 1. The molecule has 2 heterocycles. The fraction of sp³-hybridized carbons (Fsp3) is 0.375. The molecule has 5 heteroatoms. The van der Waals surface area contributed by atoms with E-state index in [9.17, 15) is 0 Å². The monoisotopic (exact) mass is 287 g/mol. The van der Waals surface area contributed by atoms with Crippen LogP contribution in [0.25, 0.3) is 0 Å². The lowest BCUT2D eigenvalue weighted by molar-refractivity contribution is 0.379. The van der Waals surface area contributed by atoms with Crippen molar-refractivity contribution in [2.45, 2.75) is 19.4 Å². The Labute approximate surface area is 125 Å². The van der Waals surface area contributed by atoms with Gasteiger partial charge in [-0.2, -0.15) is 0 Å². The van der Waals surface area contributed by atoms with E-state index in [1.165, 1.54) is 0 Å². The summed E-state index contributed by atoms with van der Waals surface area (Å²) in [5.74, 6) is 1.34. The first-order valence-corrected chi connectivity index (χ1v) is 7.03. The number of hydrogen-bond acceptors (Lipinski definition) is 5. The van der Waals surface area contributed by atoms with Crippen LogP contribution in [-0.2, 0) is 0 Å². The molecule has 0 aliphatic heterocycles. The molecule has 0 fully saturated rings. The van der Waals surface area contributed by atoms with Crippen LogP contribution in [0, 0.1) is 0 Å². The molecular weight excluding hydrogens is 266 g/mol. The minimum Gasteiger partial charge on any atom is -0.495 e. The molecule has 2 rings (SSSR count). The van der Waals surface area contributed by atoms with Crippen molar-refractivity contribution in [1.29, 1.82) is 0 Å². The van der Waals surface area contributed by atoms with E-state index in [-0.39, 0.29) is 6.04 Å². The van der Waals surface area contributed by atoms with E-state index >= 15 is 0 Å². The molecule has 0 saturated heterocycles. The van der Waals surface area contributed by atoms with Crippen LogP contribution < -0.4 is 14.8 Å². The van der Waals surface area contributed by atoms with E-state index in [1.54, 1.807) is 26.6 Å². The van der Waals surface area contributed by atoms with E-state index in [1.807, 2.05) is 24.3 Å². The summed E-state index contributed by atoms with van der Waals surface area (Å²) in [6.45, 7) is 2.99. The second kappa shape index (κ2) is 7.59. The van der Waals surface area contributed by atoms with E-state index in [4.69, 9.17) is 9.47 Å². The highest BCUT2D eigenvalue weighted by molar-refractivity contribution is 5.40. The topological polar surface area (TPSA) is 56.3 Å². The molecule has 21 heavy (non-hydrogen) atoms. The Morgan fingerprint density at radius 2 is 1.86 bits per heavy atom. The second-order valence-corrected chi connectivity index (χ2v) is 4.58. The molecule has 0 radical (unpaired) electrons. The molecule has 0 bridgehead atoms. The van der Waals surface area contributed by atoms with Gasteiger partial charge >= 0.3 is 0 Å². The van der Waals surface area contributed by atoms with E-state index in [0.29, 0.717) is 5.88 Å². The van der Waals surface area contributed by atoms with Crippen molar-refractivity contribution < 1.29 is 9.47 Å². The van der Waals surface area contributed by atoms with Crippen LogP contribution in [0.5, 0.6) is 11.6 Å². The number of ether oxygens (including phenoxy) is 2. The summed E-state index contributed by atoms with van der Waals surface area (Å²) in [7, 11) is 3.27. The Bertz CT molecular complexity index is 527. The van der Waals surface area contributed by atoms with Gasteiger partial charge in [0.1, 0.15) is 11.4 Å². The summed E-state index contributed by atoms with van der Waals surface area (Å²) in [6, 6.07) is 7.54. The van der Waals surface area contributed by atoms with Crippen LogP contribution in [0.3, 0.4) is 0 Å². The Kier molecular flexibility index (Phi) is 5.51. The number of hydrogen-bond donors (Lipinski definition) is 1. The van der Waals surface area contributed by atoms with Crippen LogP contribution in [0.1, 0.15) is 30.6 Å². The lowest BCUT2D eigenvalue weighted by Gasteiger charge is -2.21. The molecule has 0 amide bonds. The van der Waals surface area contributed by atoms with Crippen molar-refractivity contribution in [1.82, 2.24) is 15.3 Å². The van der Waals surface area contributed by atoms with E-state index < -0.39 is 0 Å². The van der Waals surface area contributed by atoms with Crippen LogP contribution in [0.15, 0.2) is 36.7 Å². The predicted molar refractivity (Wildman–Crippen MR) is 81.7 cm³/mol. The SMILES string of the molecule is CCCNC(c1cccnc1OC)c1ncccc1OC. The molecule has 0 aliphatic carbocycles. The van der Waals surface area contributed by atoms with Gasteiger partial charge in [0, 0.05) is 18.0 Å². The number of rotatable bonds is 7. The fourth-order valence-electron chi connectivity index (χ4n) is 2.23. The third kappa shape index (κ3) is 3.49. The smallest absolute Gasteiger partial charge is 0.218 e. The van der Waals surface area contributed by atoms with Gasteiger partial charge in [0.15, 0.2) is 0 Å². The van der Waals surface area contributed by atoms with E-state index in [2.05, 4.69) is 22.2 Å². The zero-order valence-electron chi connectivity index (χ0n) is 12.7. The highest BCUT2D eigenvalue weighted by Gasteiger charge is 2.22. The first-order valence-electron chi connectivity index (χ1n) is 7.03. The third-order valence-corrected chi connectivity index (χ3v) is 3.20. The number of pyridine rings is 2. The van der Waals surface area contributed by atoms with Gasteiger partial charge in [-0.3, -0.25) is 4.98 Å². The molecule has 0 saturated carbocycles. The molecule has 1 unspecified atom stereocenters. The van der Waals surface area contributed by atoms with Gasteiger partial charge in [-0.05, 0) is 31.2 Å². The van der Waals surface area contributed by atoms with Crippen LogP contribution >= 0.6 is 0 Å². The highest BCUT2D eigenvalue weighted by Crippen LogP contribution is 2.31. The van der Waals surface area contributed by atoms with Gasteiger partial charge in [0.25, 0.3) is 0 Å². The van der Waals surface area contributed by atoms with Gasteiger partial charge in [-0.25, -0.2) is 4.98 Å². The summed E-state index contributed by atoms with van der Waals surface area (Å²) in [5, 5.41) is 3.49. The van der Waals surface area contributed by atoms with Crippen molar-refractivity contribution >= 4 is 0 Å². The van der Waals surface area contributed by atoms with Crippen molar-refractivity contribution in [2.75, 3.05) is 20.8 Å². The van der Waals surface area contributed by atoms with Crippen LogP contribution in [0.4, 0.5) is 0 Å². The maximum atomic E-state index is 5.44. The van der Waals surface area contributed by atoms with Crippen molar-refractivity contribution in [3.8, 4) is 11.6 Å². The lowest BCUT2D eigenvalue weighted by atomic mass is 10.0. The molecule has 2 aromatic heterocycles. The second-order valence-electron chi connectivity index (χ2n) is 4.58. The normalized spacial score (nSPS) is 12.0. The summed E-state index contributed by atoms with van der Waals surface area (Å²) in [6.07, 6.45) is 4.50. The Hall–Kier alpha value is -2.14. The molecule has 0 aromatic carbocycles. The highest BCUT2D eigenvalue weighted by atomic mass is 16.5. The summed E-state index contributed by atoms with van der Waals surface area (Å²) < 4.78 is 10.8. The Morgan fingerprint density at radius 3 is 2.57 bits per heavy atom. The quantitative estimate of drug-likeness (QED) is 0.848. The number of aromatic nitrogens is 2. The number of nitrogens with zero attached hydrogens (tertiary/aromatic N) is 2. The van der Waals surface area contributed by atoms with Gasteiger partial charge < -0.3 is 14.8 Å². The number of methoxy groups -OCH3 is 2.